The molecule has 0 aliphatic carbocycles. The lowest BCUT2D eigenvalue weighted by Gasteiger charge is -2.16. The van der Waals surface area contributed by atoms with Gasteiger partial charge in [0.25, 0.3) is 0 Å². The van der Waals surface area contributed by atoms with E-state index in [0.717, 1.165) is 18.7 Å². The molecular formula is C13H20ClNO2. The van der Waals surface area contributed by atoms with Crippen LogP contribution in [0.2, 0.25) is 0 Å². The maximum Gasteiger partial charge on any atom is 0.119 e. The molecule has 1 unspecified atom stereocenters. The molecule has 0 bridgehead atoms. The Hall–Kier alpha value is -0.770. The van der Waals surface area contributed by atoms with Crippen LogP contribution in [0.3, 0.4) is 0 Å². The van der Waals surface area contributed by atoms with E-state index < -0.39 is 0 Å². The van der Waals surface area contributed by atoms with Crippen LogP contribution in [0.1, 0.15) is 12.0 Å². The van der Waals surface area contributed by atoms with Gasteiger partial charge in [0.2, 0.25) is 0 Å². The molecule has 0 aliphatic heterocycles. The van der Waals surface area contributed by atoms with Gasteiger partial charge in [-0.25, -0.2) is 0 Å². The van der Waals surface area contributed by atoms with Crippen molar-refractivity contribution in [2.24, 2.45) is 0 Å². The second-order valence-electron chi connectivity index (χ2n) is 3.86. The van der Waals surface area contributed by atoms with Gasteiger partial charge >= 0.3 is 0 Å². The molecule has 0 amide bonds. The number of alkyl halides is 1. The minimum atomic E-state index is 0.295. The SMILES string of the molecule is COCC(CCCl)NCc1cccc(OC)c1. The molecule has 0 aromatic heterocycles. The predicted molar refractivity (Wildman–Crippen MR) is 70.8 cm³/mol. The van der Waals surface area contributed by atoms with E-state index >= 15 is 0 Å². The minimum absolute atomic E-state index is 0.295. The van der Waals surface area contributed by atoms with Crippen LogP contribution in [-0.2, 0) is 11.3 Å². The van der Waals surface area contributed by atoms with Gasteiger partial charge in [0.15, 0.2) is 0 Å². The highest BCUT2D eigenvalue weighted by molar-refractivity contribution is 6.17. The van der Waals surface area contributed by atoms with Gasteiger partial charge in [-0.2, -0.15) is 0 Å². The van der Waals surface area contributed by atoms with Gasteiger partial charge in [-0.05, 0) is 24.1 Å². The first-order valence-electron chi connectivity index (χ1n) is 5.71. The zero-order valence-electron chi connectivity index (χ0n) is 10.4. The Labute approximate surface area is 108 Å². The Balaban J connectivity index is 2.46. The Morgan fingerprint density at radius 3 is 2.82 bits per heavy atom. The summed E-state index contributed by atoms with van der Waals surface area (Å²) >= 11 is 5.75. The number of nitrogens with one attached hydrogen (secondary N) is 1. The summed E-state index contributed by atoms with van der Waals surface area (Å²) in [5.41, 5.74) is 1.19. The largest absolute Gasteiger partial charge is 0.497 e. The fourth-order valence-corrected chi connectivity index (χ4v) is 1.89. The van der Waals surface area contributed by atoms with E-state index in [4.69, 9.17) is 21.1 Å². The van der Waals surface area contributed by atoms with Crippen LogP contribution >= 0.6 is 11.6 Å². The smallest absolute Gasteiger partial charge is 0.119 e. The molecule has 0 fully saturated rings. The number of benzene rings is 1. The zero-order valence-corrected chi connectivity index (χ0v) is 11.2. The van der Waals surface area contributed by atoms with Crippen molar-refractivity contribution in [3.05, 3.63) is 29.8 Å². The summed E-state index contributed by atoms with van der Waals surface area (Å²) in [5.74, 6) is 1.52. The number of rotatable bonds is 8. The number of hydrogen-bond acceptors (Lipinski definition) is 3. The van der Waals surface area contributed by atoms with Crippen molar-refractivity contribution in [2.75, 3.05) is 26.7 Å². The lowest BCUT2D eigenvalue weighted by atomic mass is 10.2. The first-order chi connectivity index (χ1) is 8.30. The summed E-state index contributed by atoms with van der Waals surface area (Å²) in [6.07, 6.45) is 0.902. The summed E-state index contributed by atoms with van der Waals surface area (Å²) in [5, 5.41) is 3.42. The maximum absolute atomic E-state index is 5.75. The normalized spacial score (nSPS) is 12.4. The van der Waals surface area contributed by atoms with E-state index in [1.807, 2.05) is 18.2 Å². The van der Waals surface area contributed by atoms with Crippen molar-refractivity contribution in [1.82, 2.24) is 5.32 Å². The van der Waals surface area contributed by atoms with Crippen LogP contribution in [0.5, 0.6) is 5.75 Å². The van der Waals surface area contributed by atoms with Gasteiger partial charge in [0, 0.05) is 25.6 Å². The Morgan fingerprint density at radius 2 is 2.18 bits per heavy atom. The van der Waals surface area contributed by atoms with Crippen molar-refractivity contribution in [3.63, 3.8) is 0 Å². The van der Waals surface area contributed by atoms with E-state index in [1.165, 1.54) is 5.56 Å². The molecule has 0 spiro atoms. The lowest BCUT2D eigenvalue weighted by molar-refractivity contribution is 0.164. The molecular weight excluding hydrogens is 238 g/mol. The predicted octanol–water partition coefficient (Wildman–Crippen LogP) is 2.43. The maximum atomic E-state index is 5.75. The Kier molecular flexibility index (Phi) is 7.01. The Bertz CT molecular complexity index is 314. The topological polar surface area (TPSA) is 30.5 Å². The van der Waals surface area contributed by atoms with Crippen LogP contribution < -0.4 is 10.1 Å². The van der Waals surface area contributed by atoms with Gasteiger partial charge in [0.1, 0.15) is 5.75 Å². The van der Waals surface area contributed by atoms with Crippen LogP contribution in [0, 0.1) is 0 Å². The molecule has 0 aliphatic rings. The van der Waals surface area contributed by atoms with E-state index in [9.17, 15) is 0 Å². The van der Waals surface area contributed by atoms with E-state index in [0.29, 0.717) is 18.5 Å². The third kappa shape index (κ3) is 5.39. The van der Waals surface area contributed by atoms with E-state index in [1.54, 1.807) is 14.2 Å². The van der Waals surface area contributed by atoms with Gasteiger partial charge in [0.05, 0.1) is 13.7 Å². The van der Waals surface area contributed by atoms with Crippen molar-refractivity contribution >= 4 is 11.6 Å². The zero-order chi connectivity index (χ0) is 12.5. The molecule has 0 heterocycles. The fourth-order valence-electron chi connectivity index (χ4n) is 1.62. The molecule has 0 saturated heterocycles. The molecule has 1 rings (SSSR count). The molecule has 1 atom stereocenters. The second kappa shape index (κ2) is 8.34. The second-order valence-corrected chi connectivity index (χ2v) is 4.24. The molecule has 1 aromatic carbocycles. The van der Waals surface area contributed by atoms with Crippen molar-refractivity contribution in [1.29, 1.82) is 0 Å². The van der Waals surface area contributed by atoms with Gasteiger partial charge < -0.3 is 14.8 Å². The van der Waals surface area contributed by atoms with Crippen LogP contribution in [0.15, 0.2) is 24.3 Å². The van der Waals surface area contributed by atoms with Crippen LogP contribution in [-0.4, -0.2) is 32.7 Å². The highest BCUT2D eigenvalue weighted by atomic mass is 35.5. The van der Waals surface area contributed by atoms with Crippen molar-refractivity contribution in [2.45, 2.75) is 19.0 Å². The third-order valence-electron chi connectivity index (χ3n) is 2.55. The first-order valence-corrected chi connectivity index (χ1v) is 6.24. The molecule has 1 aromatic rings. The average Bonchev–Trinajstić information content (AvgIpc) is 2.37. The van der Waals surface area contributed by atoms with Gasteiger partial charge in [-0.15, -0.1) is 11.6 Å². The monoisotopic (exact) mass is 257 g/mol. The summed E-state index contributed by atoms with van der Waals surface area (Å²) in [6.45, 7) is 1.47. The van der Waals surface area contributed by atoms with Crippen LogP contribution in [0.4, 0.5) is 0 Å². The molecule has 4 heteroatoms. The van der Waals surface area contributed by atoms with Gasteiger partial charge in [-0.3, -0.25) is 0 Å². The number of hydrogen-bond donors (Lipinski definition) is 1. The number of ether oxygens (including phenoxy) is 2. The van der Waals surface area contributed by atoms with E-state index in [-0.39, 0.29) is 0 Å². The summed E-state index contributed by atoms with van der Waals surface area (Å²) in [7, 11) is 3.38. The highest BCUT2D eigenvalue weighted by Crippen LogP contribution is 2.12. The molecule has 3 nitrogen and oxygen atoms in total. The lowest BCUT2D eigenvalue weighted by Crippen LogP contribution is -2.33. The molecule has 0 saturated carbocycles. The standard InChI is InChI=1S/C13H20ClNO2/c1-16-10-12(6-7-14)15-9-11-4-3-5-13(8-11)17-2/h3-5,8,12,15H,6-7,9-10H2,1-2H3. The van der Waals surface area contributed by atoms with Gasteiger partial charge in [-0.1, -0.05) is 12.1 Å². The first kappa shape index (κ1) is 14.3. The average molecular weight is 258 g/mol. The third-order valence-corrected chi connectivity index (χ3v) is 2.77. The molecule has 96 valence electrons. The van der Waals surface area contributed by atoms with E-state index in [2.05, 4.69) is 11.4 Å². The summed E-state index contributed by atoms with van der Waals surface area (Å²) in [6, 6.07) is 8.32. The quantitative estimate of drug-likeness (QED) is 0.726. The van der Waals surface area contributed by atoms with Crippen LogP contribution in [0.25, 0.3) is 0 Å². The number of halogens is 1. The molecule has 17 heavy (non-hydrogen) atoms. The minimum Gasteiger partial charge on any atom is -0.497 e. The summed E-state index contributed by atoms with van der Waals surface area (Å²) < 4.78 is 10.3. The summed E-state index contributed by atoms with van der Waals surface area (Å²) in [4.78, 5) is 0. The Morgan fingerprint density at radius 1 is 1.35 bits per heavy atom. The van der Waals surface area contributed by atoms with Crippen molar-refractivity contribution < 1.29 is 9.47 Å². The number of methoxy groups -OCH3 is 2. The van der Waals surface area contributed by atoms with Crippen molar-refractivity contribution in [3.8, 4) is 5.75 Å². The molecule has 1 N–H and O–H groups in total. The molecule has 0 radical (unpaired) electrons. The highest BCUT2D eigenvalue weighted by Gasteiger charge is 2.07. The fraction of sp³-hybridized carbons (Fsp3) is 0.538.